The lowest BCUT2D eigenvalue weighted by Gasteiger charge is -2.22. The molecular formula is C21H22ClN3OS. The highest BCUT2D eigenvalue weighted by atomic mass is 35.5. The summed E-state index contributed by atoms with van der Waals surface area (Å²) in [6, 6.07) is 16.2. The van der Waals surface area contributed by atoms with Gasteiger partial charge < -0.3 is 4.74 Å². The van der Waals surface area contributed by atoms with E-state index in [0.29, 0.717) is 11.1 Å². The third kappa shape index (κ3) is 4.37. The lowest BCUT2D eigenvalue weighted by atomic mass is 10.1. The van der Waals surface area contributed by atoms with Crippen molar-refractivity contribution in [2.45, 2.75) is 37.4 Å². The van der Waals surface area contributed by atoms with Gasteiger partial charge in [0.25, 0.3) is 0 Å². The molecule has 0 amide bonds. The number of nitrogens with zero attached hydrogens (tertiary/aromatic N) is 3. The van der Waals surface area contributed by atoms with E-state index < -0.39 is 0 Å². The Kier molecular flexibility index (Phi) is 5.81. The summed E-state index contributed by atoms with van der Waals surface area (Å²) in [5.74, 6) is 1.73. The molecule has 0 spiro atoms. The molecular weight excluding hydrogens is 378 g/mol. The molecule has 27 heavy (non-hydrogen) atoms. The Hall–Kier alpha value is -1.82. The normalized spacial score (nSPS) is 17.2. The number of thioether (sulfide) groups is 1. The number of aryl methyl sites for hydroxylation is 1. The van der Waals surface area contributed by atoms with Crippen LogP contribution in [0.25, 0.3) is 17.1 Å². The largest absolute Gasteiger partial charge is 0.377 e. The van der Waals surface area contributed by atoms with Crippen molar-refractivity contribution in [3.8, 4) is 17.1 Å². The number of aromatic nitrogens is 3. The van der Waals surface area contributed by atoms with Gasteiger partial charge in [-0.25, -0.2) is 0 Å². The van der Waals surface area contributed by atoms with Gasteiger partial charge in [-0.1, -0.05) is 53.2 Å². The molecule has 3 aromatic rings. The van der Waals surface area contributed by atoms with Crippen LogP contribution in [0.1, 0.15) is 24.8 Å². The fourth-order valence-corrected chi connectivity index (χ4v) is 4.33. The second-order valence-corrected chi connectivity index (χ2v) is 8.21. The zero-order valence-electron chi connectivity index (χ0n) is 15.3. The zero-order valence-corrected chi connectivity index (χ0v) is 16.8. The van der Waals surface area contributed by atoms with Crippen molar-refractivity contribution in [1.29, 1.82) is 0 Å². The Bertz CT molecular complexity index is 887. The molecule has 1 aromatic heterocycles. The molecule has 1 fully saturated rings. The summed E-state index contributed by atoms with van der Waals surface area (Å²) in [6.45, 7) is 2.95. The predicted octanol–water partition coefficient (Wildman–Crippen LogP) is 5.56. The van der Waals surface area contributed by atoms with Crippen LogP contribution in [0.5, 0.6) is 0 Å². The number of ether oxygens (including phenoxy) is 1. The van der Waals surface area contributed by atoms with Gasteiger partial charge >= 0.3 is 0 Å². The Morgan fingerprint density at radius 2 is 1.85 bits per heavy atom. The van der Waals surface area contributed by atoms with Gasteiger partial charge in [0, 0.05) is 28.6 Å². The van der Waals surface area contributed by atoms with Crippen LogP contribution in [0.15, 0.2) is 53.7 Å². The number of hydrogen-bond acceptors (Lipinski definition) is 4. The highest BCUT2D eigenvalue weighted by molar-refractivity contribution is 7.99. The van der Waals surface area contributed by atoms with Crippen LogP contribution in [0.4, 0.5) is 0 Å². The van der Waals surface area contributed by atoms with Gasteiger partial charge in [0.05, 0.1) is 6.10 Å². The van der Waals surface area contributed by atoms with Crippen LogP contribution < -0.4 is 0 Å². The van der Waals surface area contributed by atoms with Gasteiger partial charge in [-0.05, 0) is 50.5 Å². The molecule has 0 aliphatic carbocycles. The van der Waals surface area contributed by atoms with Gasteiger partial charge in [0.2, 0.25) is 0 Å². The molecule has 0 N–H and O–H groups in total. The van der Waals surface area contributed by atoms with Gasteiger partial charge in [-0.2, -0.15) is 0 Å². The molecule has 0 bridgehead atoms. The van der Waals surface area contributed by atoms with Crippen molar-refractivity contribution in [1.82, 2.24) is 14.8 Å². The van der Waals surface area contributed by atoms with Crippen molar-refractivity contribution in [2.24, 2.45) is 0 Å². The van der Waals surface area contributed by atoms with E-state index in [1.165, 1.54) is 18.4 Å². The van der Waals surface area contributed by atoms with Crippen molar-refractivity contribution >= 4 is 23.4 Å². The van der Waals surface area contributed by atoms with Crippen molar-refractivity contribution in [3.05, 3.63) is 59.1 Å². The number of benzene rings is 2. The van der Waals surface area contributed by atoms with Gasteiger partial charge in [0.1, 0.15) is 0 Å². The van der Waals surface area contributed by atoms with E-state index in [9.17, 15) is 0 Å². The average Bonchev–Trinajstić information content (AvgIpc) is 3.12. The first-order valence-corrected chi connectivity index (χ1v) is 10.6. The average molecular weight is 400 g/mol. The van der Waals surface area contributed by atoms with E-state index in [2.05, 4.69) is 46.0 Å². The maximum Gasteiger partial charge on any atom is 0.196 e. The molecule has 4 nitrogen and oxygen atoms in total. The van der Waals surface area contributed by atoms with Crippen LogP contribution in [-0.2, 0) is 4.74 Å². The van der Waals surface area contributed by atoms with Crippen LogP contribution in [-0.4, -0.2) is 33.2 Å². The highest BCUT2D eigenvalue weighted by Gasteiger charge is 2.19. The van der Waals surface area contributed by atoms with Crippen molar-refractivity contribution in [3.63, 3.8) is 0 Å². The maximum absolute atomic E-state index is 6.09. The van der Waals surface area contributed by atoms with Crippen molar-refractivity contribution < 1.29 is 4.74 Å². The number of halogens is 1. The second kappa shape index (κ2) is 8.46. The van der Waals surface area contributed by atoms with Crippen LogP contribution in [0, 0.1) is 6.92 Å². The monoisotopic (exact) mass is 399 g/mol. The lowest BCUT2D eigenvalue weighted by Crippen LogP contribution is -2.21. The van der Waals surface area contributed by atoms with Crippen LogP contribution in [0.2, 0.25) is 5.02 Å². The molecule has 4 rings (SSSR count). The summed E-state index contributed by atoms with van der Waals surface area (Å²) in [7, 11) is 0. The minimum atomic E-state index is 0.293. The van der Waals surface area contributed by atoms with Gasteiger partial charge in [-0.15, -0.1) is 10.2 Å². The molecule has 1 saturated heterocycles. The Morgan fingerprint density at radius 3 is 2.56 bits per heavy atom. The third-order valence-corrected chi connectivity index (χ3v) is 6.01. The summed E-state index contributed by atoms with van der Waals surface area (Å²) in [4.78, 5) is 0. The molecule has 6 heteroatoms. The standard InChI is InChI=1S/C21H22ClN3OS/c1-15-5-7-16(8-6-15)20-23-24-21(27-14-19-4-2-3-13-26-19)25(20)18-11-9-17(22)10-12-18/h5-12,19H,2-4,13-14H2,1H3. The smallest absolute Gasteiger partial charge is 0.196 e. The molecule has 2 aromatic carbocycles. The fraction of sp³-hybridized carbons (Fsp3) is 0.333. The first-order chi connectivity index (χ1) is 13.2. The summed E-state index contributed by atoms with van der Waals surface area (Å²) in [5, 5.41) is 10.6. The van der Waals surface area contributed by atoms with E-state index in [4.69, 9.17) is 16.3 Å². The molecule has 140 valence electrons. The van der Waals surface area contributed by atoms with Crippen molar-refractivity contribution in [2.75, 3.05) is 12.4 Å². The minimum Gasteiger partial charge on any atom is -0.377 e. The van der Waals surface area contributed by atoms with E-state index in [0.717, 1.165) is 41.0 Å². The first-order valence-electron chi connectivity index (χ1n) is 9.23. The SMILES string of the molecule is Cc1ccc(-c2nnc(SCC3CCCCO3)n2-c2ccc(Cl)cc2)cc1. The van der Waals surface area contributed by atoms with E-state index in [1.54, 1.807) is 11.8 Å². The second-order valence-electron chi connectivity index (χ2n) is 6.78. The van der Waals surface area contributed by atoms with E-state index in [-0.39, 0.29) is 0 Å². The van der Waals surface area contributed by atoms with Crippen LogP contribution in [0.3, 0.4) is 0 Å². The molecule has 1 unspecified atom stereocenters. The number of hydrogen-bond donors (Lipinski definition) is 0. The Labute approximate surface area is 168 Å². The summed E-state index contributed by atoms with van der Waals surface area (Å²) >= 11 is 7.79. The summed E-state index contributed by atoms with van der Waals surface area (Å²) < 4.78 is 7.98. The highest BCUT2D eigenvalue weighted by Crippen LogP contribution is 2.30. The number of rotatable bonds is 5. The predicted molar refractivity (Wildman–Crippen MR) is 111 cm³/mol. The zero-order chi connectivity index (χ0) is 18.6. The molecule has 1 aliphatic heterocycles. The minimum absolute atomic E-state index is 0.293. The van der Waals surface area contributed by atoms with Gasteiger partial charge in [-0.3, -0.25) is 4.57 Å². The lowest BCUT2D eigenvalue weighted by molar-refractivity contribution is 0.0315. The Morgan fingerprint density at radius 1 is 1.07 bits per heavy atom. The van der Waals surface area contributed by atoms with Gasteiger partial charge in [0.15, 0.2) is 11.0 Å². The topological polar surface area (TPSA) is 39.9 Å². The third-order valence-electron chi connectivity index (χ3n) is 4.70. The molecule has 2 heterocycles. The summed E-state index contributed by atoms with van der Waals surface area (Å²) in [5.41, 5.74) is 3.27. The first kappa shape index (κ1) is 18.5. The fourth-order valence-electron chi connectivity index (χ4n) is 3.18. The maximum atomic E-state index is 6.09. The molecule has 1 atom stereocenters. The van der Waals surface area contributed by atoms with E-state index >= 15 is 0 Å². The van der Waals surface area contributed by atoms with E-state index in [1.807, 2.05) is 24.3 Å². The Balaban J connectivity index is 1.67. The van der Waals surface area contributed by atoms with Crippen LogP contribution >= 0.6 is 23.4 Å². The molecule has 0 saturated carbocycles. The summed E-state index contributed by atoms with van der Waals surface area (Å²) in [6.07, 6.45) is 3.82. The quantitative estimate of drug-likeness (QED) is 0.527. The molecule has 0 radical (unpaired) electrons. The molecule has 1 aliphatic rings.